The molecule has 0 aliphatic carbocycles. The largest absolute Gasteiger partial charge is 0.466 e. The van der Waals surface area contributed by atoms with E-state index in [1.807, 2.05) is 24.4 Å². The van der Waals surface area contributed by atoms with Gasteiger partial charge in [-0.3, -0.25) is 19.3 Å². The van der Waals surface area contributed by atoms with E-state index in [0.29, 0.717) is 22.0 Å². The number of aryl methyl sites for hydroxylation is 2. The van der Waals surface area contributed by atoms with Gasteiger partial charge in [0.05, 0.1) is 10.5 Å². The number of carbonyl (C=O) groups is 3. The van der Waals surface area contributed by atoms with Crippen molar-refractivity contribution in [1.82, 2.24) is 10.2 Å². The van der Waals surface area contributed by atoms with E-state index >= 15 is 0 Å². The monoisotopic (exact) mass is 390 g/mol. The topological polar surface area (TPSA) is 79.6 Å². The van der Waals surface area contributed by atoms with E-state index in [0.717, 1.165) is 27.1 Å². The summed E-state index contributed by atoms with van der Waals surface area (Å²) in [4.78, 5) is 39.3. The van der Waals surface area contributed by atoms with Crippen LogP contribution in [0.2, 0.25) is 0 Å². The second-order valence-electron chi connectivity index (χ2n) is 5.82. The van der Waals surface area contributed by atoms with Crippen molar-refractivity contribution in [1.29, 1.82) is 0 Å². The maximum Gasteiger partial charge on any atom is 0.293 e. The van der Waals surface area contributed by atoms with Gasteiger partial charge in [0, 0.05) is 23.5 Å². The molecule has 1 fully saturated rings. The van der Waals surface area contributed by atoms with Crippen molar-refractivity contribution in [3.63, 3.8) is 0 Å². The normalized spacial score (nSPS) is 16.0. The number of thiophene rings is 1. The molecule has 1 aliphatic heterocycles. The maximum atomic E-state index is 12.4. The van der Waals surface area contributed by atoms with Crippen LogP contribution >= 0.6 is 23.1 Å². The molecule has 3 heterocycles. The van der Waals surface area contributed by atoms with Crippen LogP contribution in [0.4, 0.5) is 4.79 Å². The Labute approximate surface area is 159 Å². The molecule has 0 spiro atoms. The minimum absolute atomic E-state index is 0.132. The van der Waals surface area contributed by atoms with Crippen LogP contribution in [0, 0.1) is 20.8 Å². The number of nitrogens with zero attached hydrogens (tertiary/aromatic N) is 1. The van der Waals surface area contributed by atoms with E-state index in [1.54, 1.807) is 19.9 Å². The van der Waals surface area contributed by atoms with Gasteiger partial charge in [0.1, 0.15) is 11.5 Å². The summed E-state index contributed by atoms with van der Waals surface area (Å²) in [5, 5.41) is 4.34. The molecule has 0 radical (unpaired) electrons. The van der Waals surface area contributed by atoms with Crippen LogP contribution in [0.3, 0.4) is 0 Å². The first kappa shape index (κ1) is 18.5. The number of furan rings is 1. The Kier molecular flexibility index (Phi) is 5.33. The average molecular weight is 390 g/mol. The zero-order valence-corrected chi connectivity index (χ0v) is 16.3. The first-order chi connectivity index (χ1) is 12.4. The Hall–Kier alpha value is -2.32. The zero-order valence-electron chi connectivity index (χ0n) is 14.6. The molecular formula is C18H18N2O4S2. The molecule has 3 amide bonds. The van der Waals surface area contributed by atoms with Crippen LogP contribution < -0.4 is 5.32 Å². The molecular weight excluding hydrogens is 372 g/mol. The van der Waals surface area contributed by atoms with Crippen molar-refractivity contribution in [2.45, 2.75) is 20.8 Å². The number of amides is 3. The third-order valence-electron chi connectivity index (χ3n) is 4.10. The molecule has 1 N–H and O–H groups in total. The Balaban J connectivity index is 1.60. The molecule has 26 heavy (non-hydrogen) atoms. The van der Waals surface area contributed by atoms with Crippen molar-refractivity contribution in [2.24, 2.45) is 0 Å². The molecule has 0 bridgehead atoms. The SMILES string of the molecule is Cc1oc(C)c(C(=O)NCCN2C(=O)S/C(=C/c3cccs3)C2=O)c1C. The lowest BCUT2D eigenvalue weighted by molar-refractivity contribution is -0.122. The van der Waals surface area contributed by atoms with Gasteiger partial charge in [-0.15, -0.1) is 11.3 Å². The molecule has 0 saturated carbocycles. The molecule has 6 nitrogen and oxygen atoms in total. The fraction of sp³-hybridized carbons (Fsp3) is 0.278. The standard InChI is InChI=1S/C18H18N2O4S2/c1-10-11(2)24-12(3)15(10)16(21)19-6-7-20-17(22)14(26-18(20)23)9-13-5-4-8-25-13/h4-5,8-9H,6-7H2,1-3H3,(H,19,21)/b14-9+. The zero-order chi connectivity index (χ0) is 18.8. The van der Waals surface area contributed by atoms with E-state index in [4.69, 9.17) is 4.42 Å². The van der Waals surface area contributed by atoms with Crippen LogP contribution in [0.15, 0.2) is 26.8 Å². The third-order valence-corrected chi connectivity index (χ3v) is 5.83. The summed E-state index contributed by atoms with van der Waals surface area (Å²) in [6.45, 7) is 5.69. The molecule has 2 aromatic rings. The molecule has 2 aromatic heterocycles. The second-order valence-corrected chi connectivity index (χ2v) is 7.79. The van der Waals surface area contributed by atoms with E-state index < -0.39 is 0 Å². The highest BCUT2D eigenvalue weighted by Gasteiger charge is 2.34. The van der Waals surface area contributed by atoms with Gasteiger partial charge in [0.2, 0.25) is 0 Å². The van der Waals surface area contributed by atoms with Crippen LogP contribution in [-0.2, 0) is 4.79 Å². The fourth-order valence-electron chi connectivity index (χ4n) is 2.69. The van der Waals surface area contributed by atoms with Crippen molar-refractivity contribution in [3.8, 4) is 0 Å². The van der Waals surface area contributed by atoms with Crippen LogP contribution in [-0.4, -0.2) is 35.0 Å². The summed E-state index contributed by atoms with van der Waals surface area (Å²) in [5.41, 5.74) is 1.30. The summed E-state index contributed by atoms with van der Waals surface area (Å²) in [5.74, 6) is 0.673. The van der Waals surface area contributed by atoms with Gasteiger partial charge in [0.15, 0.2) is 0 Å². The quantitative estimate of drug-likeness (QED) is 0.787. The number of carbonyl (C=O) groups excluding carboxylic acids is 3. The fourth-order valence-corrected chi connectivity index (χ4v) is 4.28. The predicted octanol–water partition coefficient (Wildman–Crippen LogP) is 3.73. The Bertz CT molecular complexity index is 897. The molecule has 136 valence electrons. The minimum Gasteiger partial charge on any atom is -0.466 e. The van der Waals surface area contributed by atoms with E-state index in [1.165, 1.54) is 11.3 Å². The maximum absolute atomic E-state index is 12.4. The van der Waals surface area contributed by atoms with E-state index in [9.17, 15) is 14.4 Å². The summed E-state index contributed by atoms with van der Waals surface area (Å²) in [6, 6.07) is 3.77. The predicted molar refractivity (Wildman–Crippen MR) is 102 cm³/mol. The first-order valence-corrected chi connectivity index (χ1v) is 9.71. The molecule has 1 saturated heterocycles. The van der Waals surface area contributed by atoms with Gasteiger partial charge >= 0.3 is 0 Å². The van der Waals surface area contributed by atoms with Crippen LogP contribution in [0.1, 0.15) is 32.3 Å². The summed E-state index contributed by atoms with van der Waals surface area (Å²) in [7, 11) is 0. The molecule has 0 unspecified atom stereocenters. The van der Waals surface area contributed by atoms with Crippen molar-refractivity contribution < 1.29 is 18.8 Å². The highest BCUT2D eigenvalue weighted by Crippen LogP contribution is 2.32. The van der Waals surface area contributed by atoms with Gasteiger partial charge in [-0.25, -0.2) is 0 Å². The summed E-state index contributed by atoms with van der Waals surface area (Å²) < 4.78 is 5.45. The van der Waals surface area contributed by atoms with Gasteiger partial charge in [-0.1, -0.05) is 6.07 Å². The summed E-state index contributed by atoms with van der Waals surface area (Å²) in [6.07, 6.45) is 1.72. The number of rotatable bonds is 5. The smallest absolute Gasteiger partial charge is 0.293 e. The van der Waals surface area contributed by atoms with E-state index in [-0.39, 0.29) is 30.1 Å². The van der Waals surface area contributed by atoms with Crippen molar-refractivity contribution >= 4 is 46.2 Å². The second kappa shape index (κ2) is 7.51. The molecule has 3 rings (SSSR count). The van der Waals surface area contributed by atoms with Crippen molar-refractivity contribution in [2.75, 3.05) is 13.1 Å². The van der Waals surface area contributed by atoms with Crippen molar-refractivity contribution in [3.05, 3.63) is 49.9 Å². The number of thioether (sulfide) groups is 1. The molecule has 1 aliphatic rings. The van der Waals surface area contributed by atoms with Gasteiger partial charge in [-0.2, -0.15) is 0 Å². The minimum atomic E-state index is -0.325. The molecule has 0 aromatic carbocycles. The first-order valence-electron chi connectivity index (χ1n) is 8.02. The lowest BCUT2D eigenvalue weighted by atomic mass is 10.1. The van der Waals surface area contributed by atoms with Gasteiger partial charge < -0.3 is 9.73 Å². The Morgan fingerprint density at radius 1 is 1.27 bits per heavy atom. The number of hydrogen-bond donors (Lipinski definition) is 1. The lowest BCUT2D eigenvalue weighted by Gasteiger charge is -2.13. The number of nitrogens with one attached hydrogen (secondary N) is 1. The Morgan fingerprint density at radius 2 is 2.04 bits per heavy atom. The highest BCUT2D eigenvalue weighted by molar-refractivity contribution is 8.18. The molecule has 0 atom stereocenters. The number of imide groups is 1. The summed E-state index contributed by atoms with van der Waals surface area (Å²) >= 11 is 2.42. The lowest BCUT2D eigenvalue weighted by Crippen LogP contribution is -2.37. The number of hydrogen-bond acceptors (Lipinski definition) is 6. The average Bonchev–Trinajstić information content (AvgIpc) is 3.24. The van der Waals surface area contributed by atoms with Gasteiger partial charge in [-0.05, 0) is 50.1 Å². The third kappa shape index (κ3) is 3.61. The van der Waals surface area contributed by atoms with E-state index in [2.05, 4.69) is 5.32 Å². The highest BCUT2D eigenvalue weighted by atomic mass is 32.2. The molecule has 8 heteroatoms. The Morgan fingerprint density at radius 3 is 2.65 bits per heavy atom. The van der Waals surface area contributed by atoms with Gasteiger partial charge in [0.25, 0.3) is 17.1 Å². The van der Waals surface area contributed by atoms with Crippen LogP contribution in [0.25, 0.3) is 6.08 Å². The van der Waals surface area contributed by atoms with Crippen LogP contribution in [0.5, 0.6) is 0 Å².